The molecule has 8 heteroatoms. The van der Waals surface area contributed by atoms with Crippen molar-refractivity contribution in [2.75, 3.05) is 11.9 Å². The van der Waals surface area contributed by atoms with Crippen LogP contribution in [0.4, 0.5) is 5.82 Å². The Labute approximate surface area is 159 Å². The minimum absolute atomic E-state index is 0.0207. The van der Waals surface area contributed by atoms with Crippen LogP contribution in [-0.2, 0) is 18.4 Å². The first-order valence-electron chi connectivity index (χ1n) is 9.58. The Morgan fingerprint density at radius 2 is 1.93 bits per heavy atom. The lowest BCUT2D eigenvalue weighted by Gasteiger charge is -2.09. The lowest BCUT2D eigenvalue weighted by Crippen LogP contribution is -2.26. The summed E-state index contributed by atoms with van der Waals surface area (Å²) in [6, 6.07) is 3.66. The van der Waals surface area contributed by atoms with Crippen LogP contribution < -0.4 is 10.6 Å². The number of carbonyl (C=O) groups is 2. The fourth-order valence-corrected chi connectivity index (χ4v) is 3.53. The monoisotopic (exact) mass is 372 g/mol. The normalized spacial score (nSPS) is 14.5. The highest BCUT2D eigenvalue weighted by Gasteiger charge is 2.24. The Hall–Kier alpha value is -2.64. The number of nitrogens with zero attached hydrogens (tertiary/aromatic N) is 4. The molecule has 0 atom stereocenters. The molecule has 0 aromatic carbocycles. The maximum Gasteiger partial charge on any atom is 0.271 e. The molecule has 8 nitrogen and oxygen atoms in total. The number of hydrogen-bond acceptors (Lipinski definition) is 4. The Balaban J connectivity index is 1.48. The molecular weight excluding hydrogens is 344 g/mol. The Morgan fingerprint density at radius 1 is 1.19 bits per heavy atom. The highest BCUT2D eigenvalue weighted by molar-refractivity contribution is 5.96. The summed E-state index contributed by atoms with van der Waals surface area (Å²) < 4.78 is 3.48. The van der Waals surface area contributed by atoms with Gasteiger partial charge in [0.25, 0.3) is 5.91 Å². The van der Waals surface area contributed by atoms with E-state index in [4.69, 9.17) is 0 Å². The van der Waals surface area contributed by atoms with Gasteiger partial charge >= 0.3 is 0 Å². The van der Waals surface area contributed by atoms with E-state index in [1.165, 1.54) is 4.68 Å². The number of aromatic nitrogens is 4. The zero-order chi connectivity index (χ0) is 19.4. The molecule has 0 spiro atoms. The smallest absolute Gasteiger partial charge is 0.271 e. The van der Waals surface area contributed by atoms with Crippen LogP contribution in [0.1, 0.15) is 54.0 Å². The maximum absolute atomic E-state index is 12.3. The van der Waals surface area contributed by atoms with Crippen molar-refractivity contribution < 1.29 is 9.59 Å². The topological polar surface area (TPSA) is 93.8 Å². The SMILES string of the molecule is Cc1cc(C)n(CCCNC(=O)c2cc(NC(=O)C3CCCC3)n(C)n2)n1. The lowest BCUT2D eigenvalue weighted by molar-refractivity contribution is -0.119. The van der Waals surface area contributed by atoms with Crippen molar-refractivity contribution in [2.45, 2.75) is 52.5 Å². The van der Waals surface area contributed by atoms with Gasteiger partial charge in [-0.25, -0.2) is 0 Å². The van der Waals surface area contributed by atoms with Gasteiger partial charge in [-0.15, -0.1) is 0 Å². The van der Waals surface area contributed by atoms with Gasteiger partial charge in [-0.3, -0.25) is 19.0 Å². The van der Waals surface area contributed by atoms with Crippen LogP contribution >= 0.6 is 0 Å². The summed E-state index contributed by atoms with van der Waals surface area (Å²) >= 11 is 0. The van der Waals surface area contributed by atoms with E-state index < -0.39 is 0 Å². The maximum atomic E-state index is 12.3. The second-order valence-corrected chi connectivity index (χ2v) is 7.27. The summed E-state index contributed by atoms with van der Waals surface area (Å²) in [6.45, 7) is 5.28. The second kappa shape index (κ2) is 8.37. The van der Waals surface area contributed by atoms with Crippen LogP contribution in [0.2, 0.25) is 0 Å². The Bertz CT molecular complexity index is 816. The summed E-state index contributed by atoms with van der Waals surface area (Å²) in [7, 11) is 1.73. The lowest BCUT2D eigenvalue weighted by atomic mass is 10.1. The largest absolute Gasteiger partial charge is 0.351 e. The molecule has 0 bridgehead atoms. The molecule has 1 fully saturated rings. The van der Waals surface area contributed by atoms with Crippen LogP contribution in [0, 0.1) is 19.8 Å². The van der Waals surface area contributed by atoms with Gasteiger partial charge in [0, 0.05) is 37.8 Å². The van der Waals surface area contributed by atoms with Crippen molar-refractivity contribution in [1.82, 2.24) is 24.9 Å². The highest BCUT2D eigenvalue weighted by Crippen LogP contribution is 2.26. The first-order chi connectivity index (χ1) is 12.9. The van der Waals surface area contributed by atoms with Crippen molar-refractivity contribution in [3.8, 4) is 0 Å². The molecule has 3 rings (SSSR count). The number of rotatable bonds is 7. The van der Waals surface area contributed by atoms with Crippen molar-refractivity contribution in [1.29, 1.82) is 0 Å². The van der Waals surface area contributed by atoms with E-state index in [9.17, 15) is 9.59 Å². The van der Waals surface area contributed by atoms with Gasteiger partial charge in [-0.1, -0.05) is 12.8 Å². The molecule has 2 aromatic heterocycles. The predicted molar refractivity (Wildman–Crippen MR) is 102 cm³/mol. The van der Waals surface area contributed by atoms with E-state index in [2.05, 4.69) is 20.8 Å². The number of nitrogens with one attached hydrogen (secondary N) is 2. The number of aryl methyl sites for hydroxylation is 4. The molecule has 0 radical (unpaired) electrons. The highest BCUT2D eigenvalue weighted by atomic mass is 16.2. The molecule has 0 aliphatic heterocycles. The molecule has 0 saturated heterocycles. The fraction of sp³-hybridized carbons (Fsp3) is 0.579. The van der Waals surface area contributed by atoms with E-state index in [0.29, 0.717) is 18.1 Å². The second-order valence-electron chi connectivity index (χ2n) is 7.27. The van der Waals surface area contributed by atoms with Crippen molar-refractivity contribution in [3.05, 3.63) is 29.2 Å². The van der Waals surface area contributed by atoms with E-state index in [1.54, 1.807) is 13.1 Å². The van der Waals surface area contributed by atoms with Crippen molar-refractivity contribution in [2.24, 2.45) is 13.0 Å². The minimum Gasteiger partial charge on any atom is -0.351 e. The van der Waals surface area contributed by atoms with Crippen molar-refractivity contribution in [3.63, 3.8) is 0 Å². The fourth-order valence-electron chi connectivity index (χ4n) is 3.53. The average molecular weight is 372 g/mol. The minimum atomic E-state index is -0.236. The van der Waals surface area contributed by atoms with Gasteiger partial charge in [0.15, 0.2) is 5.69 Å². The molecule has 2 aromatic rings. The van der Waals surface area contributed by atoms with E-state index >= 15 is 0 Å². The summed E-state index contributed by atoms with van der Waals surface area (Å²) in [5.74, 6) is 0.416. The number of anilines is 1. The first kappa shape index (κ1) is 19.1. The molecule has 27 heavy (non-hydrogen) atoms. The van der Waals surface area contributed by atoms with Crippen LogP contribution in [0.25, 0.3) is 0 Å². The molecule has 2 amide bonds. The summed E-state index contributed by atoms with van der Waals surface area (Å²) in [5.41, 5.74) is 2.42. The zero-order valence-electron chi connectivity index (χ0n) is 16.3. The standard InChI is InChI=1S/C19H28N6O2/c1-13-11-14(2)25(22-13)10-6-9-20-19(27)16-12-17(24(3)23-16)21-18(26)15-7-4-5-8-15/h11-12,15H,4-10H2,1-3H3,(H,20,27)(H,21,26). The molecule has 0 unspecified atom stereocenters. The third-order valence-electron chi connectivity index (χ3n) is 5.03. The number of carbonyl (C=O) groups excluding carboxylic acids is 2. The van der Waals surface area contributed by atoms with E-state index in [0.717, 1.165) is 50.0 Å². The van der Waals surface area contributed by atoms with E-state index in [1.807, 2.05) is 24.6 Å². The summed E-state index contributed by atoms with van der Waals surface area (Å²) in [4.78, 5) is 24.6. The molecular formula is C19H28N6O2. The van der Waals surface area contributed by atoms with Crippen molar-refractivity contribution >= 4 is 17.6 Å². The number of amides is 2. The molecule has 1 saturated carbocycles. The average Bonchev–Trinajstić information content (AvgIpc) is 3.34. The summed E-state index contributed by atoms with van der Waals surface area (Å²) in [6.07, 6.45) is 4.87. The quantitative estimate of drug-likeness (QED) is 0.729. The van der Waals surface area contributed by atoms with Crippen LogP contribution in [0.15, 0.2) is 12.1 Å². The van der Waals surface area contributed by atoms with Gasteiger partial charge in [-0.05, 0) is 39.2 Å². The van der Waals surface area contributed by atoms with Gasteiger partial charge < -0.3 is 10.6 Å². The van der Waals surface area contributed by atoms with E-state index in [-0.39, 0.29) is 17.7 Å². The first-order valence-corrected chi connectivity index (χ1v) is 9.58. The van der Waals surface area contributed by atoms with Crippen LogP contribution in [-0.4, -0.2) is 37.9 Å². The molecule has 1 aliphatic carbocycles. The third-order valence-corrected chi connectivity index (χ3v) is 5.03. The predicted octanol–water partition coefficient (Wildman–Crippen LogP) is 2.18. The van der Waals surface area contributed by atoms with Gasteiger partial charge in [0.1, 0.15) is 5.82 Å². The van der Waals surface area contributed by atoms with Crippen LogP contribution in [0.5, 0.6) is 0 Å². The molecule has 1 aliphatic rings. The molecule has 2 N–H and O–H groups in total. The van der Waals surface area contributed by atoms with Gasteiger partial charge in [-0.2, -0.15) is 10.2 Å². The van der Waals surface area contributed by atoms with Gasteiger partial charge in [0.05, 0.1) is 5.69 Å². The summed E-state index contributed by atoms with van der Waals surface area (Å²) in [5, 5.41) is 14.4. The Kier molecular flexibility index (Phi) is 5.93. The molecule has 2 heterocycles. The van der Waals surface area contributed by atoms with Crippen LogP contribution in [0.3, 0.4) is 0 Å². The Morgan fingerprint density at radius 3 is 2.59 bits per heavy atom. The van der Waals surface area contributed by atoms with Gasteiger partial charge in [0.2, 0.25) is 5.91 Å². The molecule has 146 valence electrons. The zero-order valence-corrected chi connectivity index (χ0v) is 16.3. The third kappa shape index (κ3) is 4.75. The number of hydrogen-bond donors (Lipinski definition) is 2.